The molecule has 138 valence electrons. The monoisotopic (exact) mass is 370 g/mol. The molecule has 1 saturated carbocycles. The van der Waals surface area contributed by atoms with E-state index < -0.39 is 0 Å². The number of amides is 1. The Morgan fingerprint density at radius 1 is 0.962 bits per heavy atom. The van der Waals surface area contributed by atoms with Crippen LogP contribution in [0.15, 0.2) is 48.5 Å². The summed E-state index contributed by atoms with van der Waals surface area (Å²) in [4.78, 5) is 12.3. The summed E-state index contributed by atoms with van der Waals surface area (Å²) in [5.41, 5.74) is 2.88. The first-order chi connectivity index (χ1) is 12.7. The topological polar surface area (TPSA) is 41.1 Å². The quantitative estimate of drug-likeness (QED) is 0.660. The van der Waals surface area contributed by atoms with Crippen LogP contribution in [0.2, 0.25) is 5.02 Å². The molecule has 1 aliphatic carbocycles. The lowest BCUT2D eigenvalue weighted by Crippen LogP contribution is -2.26. The Morgan fingerprint density at radius 2 is 1.65 bits per heavy atom. The maximum atomic E-state index is 12.3. The van der Waals surface area contributed by atoms with Gasteiger partial charge in [-0.3, -0.25) is 4.79 Å². The molecule has 0 bridgehead atoms. The molecule has 3 rings (SSSR count). The number of carbonyl (C=O) groups is 1. The standard InChI is InChI=1S/C22H27ClN2O/c23-20-10-6-18(7-11-20)16-25-21-12-8-19(9-13-21)22(26)24-15-14-17-4-2-1-3-5-17/h6-13,17,25H,1-5,14-16H2,(H,24,26). The molecule has 0 atom stereocenters. The van der Waals surface area contributed by atoms with Crippen molar-refractivity contribution in [1.29, 1.82) is 0 Å². The Hall–Kier alpha value is -2.00. The Bertz CT molecular complexity index is 691. The van der Waals surface area contributed by atoms with Crippen LogP contribution in [0.5, 0.6) is 0 Å². The van der Waals surface area contributed by atoms with Crippen molar-refractivity contribution in [2.45, 2.75) is 45.1 Å². The van der Waals surface area contributed by atoms with Gasteiger partial charge in [0.2, 0.25) is 0 Å². The highest BCUT2D eigenvalue weighted by molar-refractivity contribution is 6.30. The lowest BCUT2D eigenvalue weighted by molar-refractivity contribution is 0.0950. The summed E-state index contributed by atoms with van der Waals surface area (Å²) in [7, 11) is 0. The number of anilines is 1. The second-order valence-corrected chi connectivity index (χ2v) is 7.54. The second kappa shape index (κ2) is 9.63. The van der Waals surface area contributed by atoms with E-state index in [4.69, 9.17) is 11.6 Å². The minimum atomic E-state index is 0.0186. The summed E-state index contributed by atoms with van der Waals surface area (Å²) in [6.07, 6.45) is 7.83. The summed E-state index contributed by atoms with van der Waals surface area (Å²) in [5, 5.41) is 7.16. The SMILES string of the molecule is O=C(NCCC1CCCCC1)c1ccc(NCc2ccc(Cl)cc2)cc1. The van der Waals surface area contributed by atoms with Gasteiger partial charge in [0.1, 0.15) is 0 Å². The van der Waals surface area contributed by atoms with Gasteiger partial charge in [-0.15, -0.1) is 0 Å². The molecule has 2 aromatic carbocycles. The largest absolute Gasteiger partial charge is 0.381 e. The van der Waals surface area contributed by atoms with Crippen molar-refractivity contribution in [3.8, 4) is 0 Å². The zero-order valence-electron chi connectivity index (χ0n) is 15.1. The van der Waals surface area contributed by atoms with Crippen molar-refractivity contribution >= 4 is 23.2 Å². The predicted molar refractivity (Wildman–Crippen MR) is 109 cm³/mol. The van der Waals surface area contributed by atoms with Gasteiger partial charge in [0.15, 0.2) is 0 Å². The first-order valence-electron chi connectivity index (χ1n) is 9.57. The molecule has 1 fully saturated rings. The van der Waals surface area contributed by atoms with Gasteiger partial charge in [-0.25, -0.2) is 0 Å². The molecule has 1 amide bonds. The maximum absolute atomic E-state index is 12.3. The highest BCUT2D eigenvalue weighted by atomic mass is 35.5. The molecule has 0 aromatic heterocycles. The van der Waals surface area contributed by atoms with Gasteiger partial charge in [0.25, 0.3) is 5.91 Å². The molecule has 0 unspecified atom stereocenters. The van der Waals surface area contributed by atoms with Crippen LogP contribution >= 0.6 is 11.6 Å². The third-order valence-corrected chi connectivity index (χ3v) is 5.37. The molecule has 4 heteroatoms. The van der Waals surface area contributed by atoms with Crippen molar-refractivity contribution in [2.75, 3.05) is 11.9 Å². The fourth-order valence-corrected chi connectivity index (χ4v) is 3.64. The zero-order valence-corrected chi connectivity index (χ0v) is 15.9. The molecule has 0 radical (unpaired) electrons. The van der Waals surface area contributed by atoms with Gasteiger partial charge in [-0.2, -0.15) is 0 Å². The summed E-state index contributed by atoms with van der Waals surface area (Å²) >= 11 is 5.90. The number of carbonyl (C=O) groups excluding carboxylic acids is 1. The molecule has 26 heavy (non-hydrogen) atoms. The summed E-state index contributed by atoms with van der Waals surface area (Å²) in [5.74, 6) is 0.813. The second-order valence-electron chi connectivity index (χ2n) is 7.11. The normalized spacial score (nSPS) is 14.8. The molecule has 0 saturated heterocycles. The van der Waals surface area contributed by atoms with Gasteiger partial charge < -0.3 is 10.6 Å². The van der Waals surface area contributed by atoms with Gasteiger partial charge in [0, 0.05) is 29.4 Å². The van der Waals surface area contributed by atoms with Crippen molar-refractivity contribution < 1.29 is 4.79 Å². The predicted octanol–water partition coefficient (Wildman–Crippen LogP) is 5.65. The van der Waals surface area contributed by atoms with Crippen LogP contribution in [0.1, 0.15) is 54.4 Å². The smallest absolute Gasteiger partial charge is 0.251 e. The lowest BCUT2D eigenvalue weighted by Gasteiger charge is -2.21. The first-order valence-corrected chi connectivity index (χ1v) is 9.95. The first kappa shape index (κ1) is 18.8. The Kier molecular flexibility index (Phi) is 6.96. The van der Waals surface area contributed by atoms with E-state index in [1.807, 2.05) is 48.5 Å². The van der Waals surface area contributed by atoms with Crippen LogP contribution in [0.25, 0.3) is 0 Å². The minimum Gasteiger partial charge on any atom is -0.381 e. The minimum absolute atomic E-state index is 0.0186. The van der Waals surface area contributed by atoms with Gasteiger partial charge >= 0.3 is 0 Å². The van der Waals surface area contributed by atoms with Crippen LogP contribution < -0.4 is 10.6 Å². The number of benzene rings is 2. The van der Waals surface area contributed by atoms with E-state index in [0.717, 1.165) is 36.1 Å². The van der Waals surface area contributed by atoms with E-state index in [1.54, 1.807) is 0 Å². The lowest BCUT2D eigenvalue weighted by atomic mass is 9.87. The number of nitrogens with one attached hydrogen (secondary N) is 2. The van der Waals surface area contributed by atoms with Crippen LogP contribution in [0.3, 0.4) is 0 Å². The Balaban J connectivity index is 1.42. The Morgan fingerprint density at radius 3 is 2.35 bits per heavy atom. The molecular weight excluding hydrogens is 344 g/mol. The fraction of sp³-hybridized carbons (Fsp3) is 0.409. The highest BCUT2D eigenvalue weighted by Crippen LogP contribution is 2.25. The summed E-state index contributed by atoms with van der Waals surface area (Å²) in [6, 6.07) is 15.4. The van der Waals surface area contributed by atoms with E-state index >= 15 is 0 Å². The average molecular weight is 371 g/mol. The third kappa shape index (κ3) is 5.77. The van der Waals surface area contributed by atoms with Gasteiger partial charge in [-0.05, 0) is 54.3 Å². The summed E-state index contributed by atoms with van der Waals surface area (Å²) < 4.78 is 0. The van der Waals surface area contributed by atoms with Crippen molar-refractivity contribution in [1.82, 2.24) is 5.32 Å². The van der Waals surface area contributed by atoms with Crippen LogP contribution in [-0.2, 0) is 6.54 Å². The molecule has 0 spiro atoms. The molecule has 3 nitrogen and oxygen atoms in total. The van der Waals surface area contributed by atoms with E-state index in [0.29, 0.717) is 5.56 Å². The van der Waals surface area contributed by atoms with E-state index in [-0.39, 0.29) is 5.91 Å². The molecule has 0 aliphatic heterocycles. The fourth-order valence-electron chi connectivity index (χ4n) is 3.51. The molecule has 0 heterocycles. The zero-order chi connectivity index (χ0) is 18.2. The number of hydrogen-bond donors (Lipinski definition) is 2. The van der Waals surface area contributed by atoms with Crippen molar-refractivity contribution in [3.05, 3.63) is 64.7 Å². The van der Waals surface area contributed by atoms with Crippen molar-refractivity contribution in [3.63, 3.8) is 0 Å². The van der Waals surface area contributed by atoms with Gasteiger partial charge in [-0.1, -0.05) is 55.8 Å². The number of rotatable bonds is 7. The average Bonchev–Trinajstić information content (AvgIpc) is 2.69. The number of hydrogen-bond acceptors (Lipinski definition) is 2. The highest BCUT2D eigenvalue weighted by Gasteiger charge is 2.13. The molecule has 2 N–H and O–H groups in total. The van der Waals surface area contributed by atoms with Crippen LogP contribution in [0, 0.1) is 5.92 Å². The van der Waals surface area contributed by atoms with Gasteiger partial charge in [0.05, 0.1) is 0 Å². The molecular formula is C22H27ClN2O. The van der Waals surface area contributed by atoms with E-state index in [2.05, 4.69) is 10.6 Å². The third-order valence-electron chi connectivity index (χ3n) is 5.12. The van der Waals surface area contributed by atoms with E-state index in [9.17, 15) is 4.79 Å². The van der Waals surface area contributed by atoms with Crippen molar-refractivity contribution in [2.24, 2.45) is 5.92 Å². The Labute approximate surface area is 161 Å². The van der Waals surface area contributed by atoms with Crippen LogP contribution in [0.4, 0.5) is 5.69 Å². The molecule has 2 aromatic rings. The summed E-state index contributed by atoms with van der Waals surface area (Å²) in [6.45, 7) is 1.50. The molecule has 1 aliphatic rings. The van der Waals surface area contributed by atoms with Crippen LogP contribution in [-0.4, -0.2) is 12.5 Å². The van der Waals surface area contributed by atoms with E-state index in [1.165, 1.54) is 37.7 Å². The maximum Gasteiger partial charge on any atom is 0.251 e. The number of halogens is 1.